The molecule has 2 fully saturated rings. The summed E-state index contributed by atoms with van der Waals surface area (Å²) in [6.07, 6.45) is 8.32. The Balaban J connectivity index is 1.59. The number of anilines is 2. The van der Waals surface area contributed by atoms with Crippen molar-refractivity contribution in [3.05, 3.63) is 12.3 Å². The smallest absolute Gasteiger partial charge is 0.224 e. The predicted molar refractivity (Wildman–Crippen MR) is 77.3 cm³/mol. The summed E-state index contributed by atoms with van der Waals surface area (Å²) in [6.45, 7) is 2.91. The summed E-state index contributed by atoms with van der Waals surface area (Å²) in [5.74, 6) is 2.55. The highest BCUT2D eigenvalue weighted by atomic mass is 15.2. The lowest BCUT2D eigenvalue weighted by atomic mass is 10.1. The standard InChI is InChI=1S/C14H23N5/c15-12-6-8-19(10-12)13-5-7-16-14(18-13)17-9-11-3-1-2-4-11/h5,7,11-12H,1-4,6,8-10,15H2,(H,16,17,18). The number of hydrogen-bond acceptors (Lipinski definition) is 5. The molecule has 1 saturated heterocycles. The quantitative estimate of drug-likeness (QED) is 0.862. The summed E-state index contributed by atoms with van der Waals surface area (Å²) in [5.41, 5.74) is 5.94. The highest BCUT2D eigenvalue weighted by molar-refractivity contribution is 5.43. The monoisotopic (exact) mass is 261 g/mol. The summed E-state index contributed by atoms with van der Waals surface area (Å²) in [7, 11) is 0. The second-order valence-electron chi connectivity index (χ2n) is 5.76. The first-order valence-corrected chi connectivity index (χ1v) is 7.39. The molecule has 19 heavy (non-hydrogen) atoms. The zero-order valence-corrected chi connectivity index (χ0v) is 11.4. The van der Waals surface area contributed by atoms with Gasteiger partial charge in [0.05, 0.1) is 0 Å². The fourth-order valence-corrected chi connectivity index (χ4v) is 3.06. The third-order valence-electron chi connectivity index (χ3n) is 4.21. The number of aromatic nitrogens is 2. The average molecular weight is 261 g/mol. The van der Waals surface area contributed by atoms with Gasteiger partial charge < -0.3 is 16.0 Å². The van der Waals surface area contributed by atoms with E-state index in [1.165, 1.54) is 25.7 Å². The largest absolute Gasteiger partial charge is 0.355 e. The second-order valence-corrected chi connectivity index (χ2v) is 5.76. The van der Waals surface area contributed by atoms with E-state index in [1.807, 2.05) is 12.3 Å². The molecule has 3 rings (SSSR count). The summed E-state index contributed by atoms with van der Waals surface area (Å²) in [4.78, 5) is 11.2. The molecule has 1 aromatic heterocycles. The summed E-state index contributed by atoms with van der Waals surface area (Å²) in [5, 5.41) is 3.38. The number of nitrogens with two attached hydrogens (primary N) is 1. The first kappa shape index (κ1) is 12.7. The number of nitrogens with zero attached hydrogens (tertiary/aromatic N) is 3. The highest BCUT2D eigenvalue weighted by Crippen LogP contribution is 2.25. The highest BCUT2D eigenvalue weighted by Gasteiger charge is 2.20. The van der Waals surface area contributed by atoms with Crippen LogP contribution in [0.15, 0.2) is 12.3 Å². The maximum Gasteiger partial charge on any atom is 0.224 e. The third-order valence-corrected chi connectivity index (χ3v) is 4.21. The van der Waals surface area contributed by atoms with Crippen LogP contribution < -0.4 is 16.0 Å². The van der Waals surface area contributed by atoms with Crippen LogP contribution in [0.3, 0.4) is 0 Å². The molecule has 1 aliphatic heterocycles. The van der Waals surface area contributed by atoms with Crippen molar-refractivity contribution in [3.8, 4) is 0 Å². The van der Waals surface area contributed by atoms with Crippen LogP contribution in [0.1, 0.15) is 32.1 Å². The molecule has 1 aromatic rings. The lowest BCUT2D eigenvalue weighted by molar-refractivity contribution is 0.577. The van der Waals surface area contributed by atoms with Crippen molar-refractivity contribution in [1.29, 1.82) is 0 Å². The molecule has 2 aliphatic rings. The second kappa shape index (κ2) is 5.74. The fraction of sp³-hybridized carbons (Fsp3) is 0.714. The Bertz CT molecular complexity index is 416. The molecule has 0 spiro atoms. The lowest BCUT2D eigenvalue weighted by Crippen LogP contribution is -2.27. The zero-order chi connectivity index (χ0) is 13.1. The van der Waals surface area contributed by atoms with Crippen molar-refractivity contribution in [1.82, 2.24) is 9.97 Å². The molecule has 2 heterocycles. The van der Waals surface area contributed by atoms with Crippen molar-refractivity contribution >= 4 is 11.8 Å². The maximum absolute atomic E-state index is 5.94. The van der Waals surface area contributed by atoms with Crippen LogP contribution in [-0.2, 0) is 0 Å². The topological polar surface area (TPSA) is 67.1 Å². The Morgan fingerprint density at radius 2 is 2.16 bits per heavy atom. The first-order chi connectivity index (χ1) is 9.31. The first-order valence-electron chi connectivity index (χ1n) is 7.39. The van der Waals surface area contributed by atoms with Crippen LogP contribution in [0, 0.1) is 5.92 Å². The van der Waals surface area contributed by atoms with E-state index < -0.39 is 0 Å². The SMILES string of the molecule is NC1CCN(c2ccnc(NCC3CCCC3)n2)C1. The van der Waals surface area contributed by atoms with Crippen LogP contribution in [-0.4, -0.2) is 35.6 Å². The van der Waals surface area contributed by atoms with Gasteiger partial charge in [-0.15, -0.1) is 0 Å². The van der Waals surface area contributed by atoms with E-state index in [2.05, 4.69) is 20.2 Å². The van der Waals surface area contributed by atoms with Crippen molar-refractivity contribution in [2.45, 2.75) is 38.1 Å². The van der Waals surface area contributed by atoms with E-state index in [-0.39, 0.29) is 6.04 Å². The van der Waals surface area contributed by atoms with Gasteiger partial charge in [-0.3, -0.25) is 0 Å². The van der Waals surface area contributed by atoms with Crippen molar-refractivity contribution in [2.75, 3.05) is 29.9 Å². The normalized spacial score (nSPS) is 24.1. The van der Waals surface area contributed by atoms with Crippen LogP contribution in [0.5, 0.6) is 0 Å². The number of nitrogens with one attached hydrogen (secondary N) is 1. The Labute approximate surface area is 114 Å². The third kappa shape index (κ3) is 3.15. The van der Waals surface area contributed by atoms with Crippen LogP contribution in [0.25, 0.3) is 0 Å². The lowest BCUT2D eigenvalue weighted by Gasteiger charge is -2.17. The van der Waals surface area contributed by atoms with E-state index in [4.69, 9.17) is 5.73 Å². The molecule has 1 atom stereocenters. The fourth-order valence-electron chi connectivity index (χ4n) is 3.06. The molecule has 3 N–H and O–H groups in total. The van der Waals surface area contributed by atoms with E-state index in [0.717, 1.165) is 43.7 Å². The van der Waals surface area contributed by atoms with Gasteiger partial charge in [-0.1, -0.05) is 12.8 Å². The summed E-state index contributed by atoms with van der Waals surface area (Å²) >= 11 is 0. The Morgan fingerprint density at radius 3 is 2.89 bits per heavy atom. The Morgan fingerprint density at radius 1 is 1.32 bits per heavy atom. The molecule has 5 nitrogen and oxygen atoms in total. The van der Waals surface area contributed by atoms with E-state index in [1.54, 1.807) is 0 Å². The van der Waals surface area contributed by atoms with Gasteiger partial charge in [0.2, 0.25) is 5.95 Å². The average Bonchev–Trinajstić information content (AvgIpc) is 3.08. The van der Waals surface area contributed by atoms with Gasteiger partial charge in [-0.25, -0.2) is 4.98 Å². The summed E-state index contributed by atoms with van der Waals surface area (Å²) < 4.78 is 0. The van der Waals surface area contributed by atoms with Gasteiger partial charge in [-0.05, 0) is 31.2 Å². The zero-order valence-electron chi connectivity index (χ0n) is 11.4. The van der Waals surface area contributed by atoms with Gasteiger partial charge in [0.25, 0.3) is 0 Å². The molecule has 1 unspecified atom stereocenters. The van der Waals surface area contributed by atoms with Crippen molar-refractivity contribution in [3.63, 3.8) is 0 Å². The van der Waals surface area contributed by atoms with Crippen molar-refractivity contribution in [2.24, 2.45) is 11.7 Å². The maximum atomic E-state index is 5.94. The minimum absolute atomic E-state index is 0.282. The molecule has 5 heteroatoms. The summed E-state index contributed by atoms with van der Waals surface area (Å²) in [6, 6.07) is 2.25. The number of hydrogen-bond donors (Lipinski definition) is 2. The molecule has 1 saturated carbocycles. The molecular formula is C14H23N5. The van der Waals surface area contributed by atoms with Crippen LogP contribution in [0.4, 0.5) is 11.8 Å². The Kier molecular flexibility index (Phi) is 3.82. The van der Waals surface area contributed by atoms with Gasteiger partial charge >= 0.3 is 0 Å². The van der Waals surface area contributed by atoms with Gasteiger partial charge in [-0.2, -0.15) is 4.98 Å². The molecule has 0 aromatic carbocycles. The van der Waals surface area contributed by atoms with Gasteiger partial charge in [0, 0.05) is 31.9 Å². The minimum atomic E-state index is 0.282. The van der Waals surface area contributed by atoms with Gasteiger partial charge in [0.1, 0.15) is 5.82 Å². The minimum Gasteiger partial charge on any atom is -0.355 e. The van der Waals surface area contributed by atoms with E-state index in [9.17, 15) is 0 Å². The van der Waals surface area contributed by atoms with Crippen LogP contribution in [0.2, 0.25) is 0 Å². The Hall–Kier alpha value is -1.36. The number of rotatable bonds is 4. The van der Waals surface area contributed by atoms with E-state index >= 15 is 0 Å². The molecule has 1 aliphatic carbocycles. The van der Waals surface area contributed by atoms with Crippen molar-refractivity contribution < 1.29 is 0 Å². The van der Waals surface area contributed by atoms with Gasteiger partial charge in [0.15, 0.2) is 0 Å². The molecule has 104 valence electrons. The van der Waals surface area contributed by atoms with Crippen LogP contribution >= 0.6 is 0 Å². The van der Waals surface area contributed by atoms with E-state index in [0.29, 0.717) is 0 Å². The molecule has 0 amide bonds. The molecular weight excluding hydrogens is 238 g/mol. The molecule has 0 radical (unpaired) electrons. The predicted octanol–water partition coefficient (Wildman–Crippen LogP) is 1.62. The molecule has 0 bridgehead atoms.